The molecule has 3 heteroatoms. The SMILES string of the molecule is CC(CC(=O)OC(C)(C)C)N1CCCC1. The summed E-state index contributed by atoms with van der Waals surface area (Å²) in [6.45, 7) is 10.1. The van der Waals surface area contributed by atoms with E-state index in [0.717, 1.165) is 13.1 Å². The van der Waals surface area contributed by atoms with Crippen molar-refractivity contribution in [3.05, 3.63) is 0 Å². The minimum Gasteiger partial charge on any atom is -0.460 e. The van der Waals surface area contributed by atoms with Gasteiger partial charge in [-0.25, -0.2) is 0 Å². The summed E-state index contributed by atoms with van der Waals surface area (Å²) < 4.78 is 5.30. The zero-order valence-corrected chi connectivity index (χ0v) is 10.4. The Balaban J connectivity index is 2.30. The molecule has 0 radical (unpaired) electrons. The molecule has 15 heavy (non-hydrogen) atoms. The third kappa shape index (κ3) is 4.65. The first-order chi connectivity index (χ1) is 6.88. The van der Waals surface area contributed by atoms with E-state index in [1.54, 1.807) is 0 Å². The van der Waals surface area contributed by atoms with Gasteiger partial charge in [0.1, 0.15) is 5.60 Å². The first kappa shape index (κ1) is 12.5. The maximum absolute atomic E-state index is 11.6. The lowest BCUT2D eigenvalue weighted by Crippen LogP contribution is -2.34. The normalized spacial score (nSPS) is 20.3. The average molecular weight is 213 g/mol. The fraction of sp³-hybridized carbons (Fsp3) is 0.917. The van der Waals surface area contributed by atoms with Crippen LogP contribution >= 0.6 is 0 Å². The highest BCUT2D eigenvalue weighted by atomic mass is 16.6. The summed E-state index contributed by atoms with van der Waals surface area (Å²) in [7, 11) is 0. The summed E-state index contributed by atoms with van der Waals surface area (Å²) in [5.41, 5.74) is -0.359. The van der Waals surface area contributed by atoms with Crippen LogP contribution in [0.3, 0.4) is 0 Å². The first-order valence-corrected chi connectivity index (χ1v) is 5.84. The highest BCUT2D eigenvalue weighted by Gasteiger charge is 2.23. The van der Waals surface area contributed by atoms with Gasteiger partial charge in [-0.3, -0.25) is 4.79 Å². The Morgan fingerprint density at radius 2 is 1.87 bits per heavy atom. The van der Waals surface area contributed by atoms with E-state index in [4.69, 9.17) is 4.74 Å². The molecule has 1 saturated heterocycles. The van der Waals surface area contributed by atoms with Gasteiger partial charge in [0.25, 0.3) is 0 Å². The number of carbonyl (C=O) groups is 1. The second-order valence-corrected chi connectivity index (χ2v) is 5.38. The molecule has 0 aromatic carbocycles. The van der Waals surface area contributed by atoms with Crippen molar-refractivity contribution in [3.8, 4) is 0 Å². The van der Waals surface area contributed by atoms with Gasteiger partial charge in [0, 0.05) is 6.04 Å². The molecule has 0 bridgehead atoms. The Morgan fingerprint density at radius 1 is 1.33 bits per heavy atom. The molecule has 1 aliphatic rings. The van der Waals surface area contributed by atoms with Gasteiger partial charge in [-0.15, -0.1) is 0 Å². The van der Waals surface area contributed by atoms with Crippen molar-refractivity contribution in [3.63, 3.8) is 0 Å². The highest BCUT2D eigenvalue weighted by molar-refractivity contribution is 5.70. The zero-order valence-electron chi connectivity index (χ0n) is 10.4. The van der Waals surface area contributed by atoms with E-state index in [1.807, 2.05) is 20.8 Å². The van der Waals surface area contributed by atoms with Gasteiger partial charge in [0.15, 0.2) is 0 Å². The third-order valence-corrected chi connectivity index (χ3v) is 2.65. The van der Waals surface area contributed by atoms with Crippen LogP contribution in [0.2, 0.25) is 0 Å². The van der Waals surface area contributed by atoms with Crippen LogP contribution in [0, 0.1) is 0 Å². The number of likely N-dealkylation sites (tertiary alicyclic amines) is 1. The van der Waals surface area contributed by atoms with E-state index in [2.05, 4.69) is 11.8 Å². The molecule has 0 aromatic heterocycles. The van der Waals surface area contributed by atoms with E-state index in [1.165, 1.54) is 12.8 Å². The summed E-state index contributed by atoms with van der Waals surface area (Å²) in [4.78, 5) is 13.9. The number of esters is 1. The number of rotatable bonds is 3. The number of hydrogen-bond donors (Lipinski definition) is 0. The van der Waals surface area contributed by atoms with Crippen LogP contribution in [0.4, 0.5) is 0 Å². The second kappa shape index (κ2) is 4.97. The van der Waals surface area contributed by atoms with Crippen LogP contribution in [-0.4, -0.2) is 35.6 Å². The quantitative estimate of drug-likeness (QED) is 0.673. The molecule has 0 aliphatic carbocycles. The maximum Gasteiger partial charge on any atom is 0.307 e. The number of hydrogen-bond acceptors (Lipinski definition) is 3. The third-order valence-electron chi connectivity index (χ3n) is 2.65. The Labute approximate surface area is 92.8 Å². The molecular formula is C12H23NO2. The Bertz CT molecular complexity index is 214. The number of ether oxygens (including phenoxy) is 1. The van der Waals surface area contributed by atoms with Crippen molar-refractivity contribution in [1.29, 1.82) is 0 Å². The van der Waals surface area contributed by atoms with Gasteiger partial charge < -0.3 is 9.64 Å². The lowest BCUT2D eigenvalue weighted by molar-refractivity contribution is -0.156. The first-order valence-electron chi connectivity index (χ1n) is 5.84. The summed E-state index contributed by atoms with van der Waals surface area (Å²) in [5.74, 6) is -0.0816. The molecule has 0 aromatic rings. The molecule has 1 rings (SSSR count). The molecule has 1 heterocycles. The monoisotopic (exact) mass is 213 g/mol. The molecular weight excluding hydrogens is 190 g/mol. The van der Waals surface area contributed by atoms with Gasteiger partial charge in [0.05, 0.1) is 6.42 Å². The van der Waals surface area contributed by atoms with Crippen molar-refractivity contribution >= 4 is 5.97 Å². The summed E-state index contributed by atoms with van der Waals surface area (Å²) in [5, 5.41) is 0. The highest BCUT2D eigenvalue weighted by Crippen LogP contribution is 2.16. The largest absolute Gasteiger partial charge is 0.460 e. The lowest BCUT2D eigenvalue weighted by Gasteiger charge is -2.25. The fourth-order valence-corrected chi connectivity index (χ4v) is 1.94. The minimum atomic E-state index is -0.359. The van der Waals surface area contributed by atoms with Gasteiger partial charge in [-0.05, 0) is 53.6 Å². The lowest BCUT2D eigenvalue weighted by atomic mass is 10.1. The molecule has 88 valence electrons. The topological polar surface area (TPSA) is 29.5 Å². The molecule has 1 fully saturated rings. The predicted molar refractivity (Wildman–Crippen MR) is 60.7 cm³/mol. The Morgan fingerprint density at radius 3 is 2.33 bits per heavy atom. The van der Waals surface area contributed by atoms with E-state index in [9.17, 15) is 4.79 Å². The molecule has 0 saturated carbocycles. The van der Waals surface area contributed by atoms with Crippen LogP contribution in [0.15, 0.2) is 0 Å². The van der Waals surface area contributed by atoms with Gasteiger partial charge in [-0.2, -0.15) is 0 Å². The second-order valence-electron chi connectivity index (χ2n) is 5.38. The summed E-state index contributed by atoms with van der Waals surface area (Å²) in [6, 6.07) is 0.322. The van der Waals surface area contributed by atoms with E-state index in [-0.39, 0.29) is 11.6 Å². The van der Waals surface area contributed by atoms with Crippen molar-refractivity contribution in [2.75, 3.05) is 13.1 Å². The molecule has 1 unspecified atom stereocenters. The smallest absolute Gasteiger partial charge is 0.307 e. The van der Waals surface area contributed by atoms with Crippen molar-refractivity contribution < 1.29 is 9.53 Å². The van der Waals surface area contributed by atoms with Gasteiger partial charge in [-0.1, -0.05) is 0 Å². The molecule has 3 nitrogen and oxygen atoms in total. The van der Waals surface area contributed by atoms with E-state index >= 15 is 0 Å². The van der Waals surface area contributed by atoms with Gasteiger partial charge in [0.2, 0.25) is 0 Å². The summed E-state index contributed by atoms with van der Waals surface area (Å²) >= 11 is 0. The van der Waals surface area contributed by atoms with Crippen LogP contribution in [0.5, 0.6) is 0 Å². The van der Waals surface area contributed by atoms with Crippen LogP contribution in [0.1, 0.15) is 47.0 Å². The van der Waals surface area contributed by atoms with Crippen LogP contribution in [0.25, 0.3) is 0 Å². The molecule has 0 spiro atoms. The Kier molecular flexibility index (Phi) is 4.14. The average Bonchev–Trinajstić information content (AvgIpc) is 2.50. The molecule has 0 N–H and O–H groups in total. The van der Waals surface area contributed by atoms with Crippen molar-refractivity contribution in [1.82, 2.24) is 4.90 Å². The molecule has 1 atom stereocenters. The summed E-state index contributed by atoms with van der Waals surface area (Å²) in [6.07, 6.45) is 3.04. The molecule has 0 amide bonds. The molecule has 1 aliphatic heterocycles. The van der Waals surface area contributed by atoms with Crippen molar-refractivity contribution in [2.45, 2.75) is 58.6 Å². The predicted octanol–water partition coefficient (Wildman–Crippen LogP) is 2.20. The van der Waals surface area contributed by atoms with Crippen LogP contribution in [-0.2, 0) is 9.53 Å². The standard InChI is InChI=1S/C12H23NO2/c1-10(13-7-5-6-8-13)9-11(14)15-12(2,3)4/h10H,5-9H2,1-4H3. The number of carbonyl (C=O) groups excluding carboxylic acids is 1. The van der Waals surface area contributed by atoms with Gasteiger partial charge >= 0.3 is 5.97 Å². The van der Waals surface area contributed by atoms with E-state index in [0.29, 0.717) is 12.5 Å². The van der Waals surface area contributed by atoms with E-state index < -0.39 is 0 Å². The Hall–Kier alpha value is -0.570. The number of nitrogens with zero attached hydrogens (tertiary/aromatic N) is 1. The zero-order chi connectivity index (χ0) is 11.5. The fourth-order valence-electron chi connectivity index (χ4n) is 1.94. The van der Waals surface area contributed by atoms with Crippen LogP contribution < -0.4 is 0 Å². The maximum atomic E-state index is 11.6. The minimum absolute atomic E-state index is 0.0816. The van der Waals surface area contributed by atoms with Crippen molar-refractivity contribution in [2.24, 2.45) is 0 Å².